The molecule has 4 heterocycles. The molecule has 2 saturated heterocycles. The predicted molar refractivity (Wildman–Crippen MR) is 299 cm³/mol. The minimum Gasteiger partial charge on any atom is -0.347 e. The van der Waals surface area contributed by atoms with Crippen molar-refractivity contribution in [2.24, 2.45) is 22.7 Å². The number of hydrogen-bond acceptors (Lipinski definition) is 11. The van der Waals surface area contributed by atoms with Gasteiger partial charge in [-0.2, -0.15) is 0 Å². The Hall–Kier alpha value is -6.10. The number of rotatable bonds is 15. The molecule has 3 aromatic carbocycles. The highest BCUT2D eigenvalue weighted by molar-refractivity contribution is 7.12. The number of benzene rings is 3. The standard InChI is InChI=1S/C60H74N8O6S2/c1-11-33(2)52(70)66-51(60(7,8)9)58(74)68-32-40(29-45(68)56-65-50-42-19-15-13-17-36(42)25-27-48(50)76-56)63-54(72)38-22-20-37(21-23-38)53(71)62-39-28-44(55-64-49-41-18-14-12-16-35(41)24-26-47(49)75-55)67(31-39)57(73)43(59(4,5)6)30-46(69)34(3)61-10/h12-23,33-34,39-40,43-45,51,61H,11,24-32H2,1-10H3,(H,62,71)(H,63,72)(H,66,70)/t33-,34+,39+,40+,43-,44+,45+,51-/m1/s1. The molecule has 0 radical (unpaired) electrons. The highest BCUT2D eigenvalue weighted by atomic mass is 32.1. The normalized spacial score (nSPS) is 20.6. The fourth-order valence-corrected chi connectivity index (χ4v) is 13.6. The summed E-state index contributed by atoms with van der Waals surface area (Å²) < 4.78 is 0. The lowest BCUT2D eigenvalue weighted by Gasteiger charge is -2.36. The van der Waals surface area contributed by atoms with Crippen LogP contribution in [0.3, 0.4) is 0 Å². The van der Waals surface area contributed by atoms with Gasteiger partial charge in [-0.25, -0.2) is 9.97 Å². The molecule has 402 valence electrons. The van der Waals surface area contributed by atoms with Gasteiger partial charge in [0.05, 0.1) is 29.5 Å². The van der Waals surface area contributed by atoms with Gasteiger partial charge in [0.1, 0.15) is 21.8 Å². The number of nitrogens with zero attached hydrogens (tertiary/aromatic N) is 4. The lowest BCUT2D eigenvalue weighted by Crippen LogP contribution is -2.55. The van der Waals surface area contributed by atoms with Crippen molar-refractivity contribution in [3.05, 3.63) is 115 Å². The molecule has 14 nitrogen and oxygen atoms in total. The van der Waals surface area contributed by atoms with E-state index in [4.69, 9.17) is 9.97 Å². The van der Waals surface area contributed by atoms with Crippen LogP contribution in [0.1, 0.15) is 152 Å². The van der Waals surface area contributed by atoms with E-state index < -0.39 is 53.0 Å². The molecule has 16 heteroatoms. The Balaban J connectivity index is 0.921. The molecule has 9 rings (SSSR count). The summed E-state index contributed by atoms with van der Waals surface area (Å²) in [6.45, 7) is 17.9. The maximum Gasteiger partial charge on any atom is 0.251 e. The van der Waals surface area contributed by atoms with E-state index in [1.165, 1.54) is 20.9 Å². The first kappa shape index (κ1) is 54.7. The first-order valence-corrected chi connectivity index (χ1v) is 28.8. The number of nitrogens with one attached hydrogen (secondary N) is 4. The molecule has 76 heavy (non-hydrogen) atoms. The summed E-state index contributed by atoms with van der Waals surface area (Å²) >= 11 is 3.25. The molecule has 0 saturated carbocycles. The Labute approximate surface area is 455 Å². The zero-order chi connectivity index (χ0) is 54.4. The molecule has 0 spiro atoms. The Morgan fingerprint density at radius 2 is 1.11 bits per heavy atom. The lowest BCUT2D eigenvalue weighted by atomic mass is 9.76. The van der Waals surface area contributed by atoms with Gasteiger partial charge in [0.25, 0.3) is 11.8 Å². The number of likely N-dealkylation sites (N-methyl/N-ethyl adjacent to an activating group) is 1. The SMILES string of the molecule is CC[C@@H](C)C(=O)N[C@H](C(=O)N1C[C@@H](NC(=O)c2ccc(C(=O)N[C@H]3C[C@@H](c4nc5c(s4)CCc4ccccc4-5)N(C(=O)[C@@H](CC(=O)[C@H](C)NC)C(C)(C)C)C3)cc2)C[C@H]1c1nc2c(s1)CCc1ccccc1-2)C(C)(C)C. The van der Waals surface area contributed by atoms with Crippen LogP contribution in [-0.4, -0.2) is 99.4 Å². The van der Waals surface area contributed by atoms with Gasteiger partial charge >= 0.3 is 0 Å². The Morgan fingerprint density at radius 3 is 1.54 bits per heavy atom. The van der Waals surface area contributed by atoms with E-state index in [9.17, 15) is 28.8 Å². The van der Waals surface area contributed by atoms with E-state index in [1.54, 1.807) is 58.9 Å². The third-order valence-corrected chi connectivity index (χ3v) is 18.6. The Morgan fingerprint density at radius 1 is 0.645 bits per heavy atom. The molecule has 8 atom stereocenters. The van der Waals surface area contributed by atoms with Crippen LogP contribution in [0, 0.1) is 22.7 Å². The topological polar surface area (TPSA) is 183 Å². The van der Waals surface area contributed by atoms with Gasteiger partial charge < -0.3 is 31.1 Å². The van der Waals surface area contributed by atoms with Crippen molar-refractivity contribution in [3.8, 4) is 22.5 Å². The number of likely N-dealkylation sites (tertiary alicyclic amines) is 2. The summed E-state index contributed by atoms with van der Waals surface area (Å²) in [7, 11) is 1.74. The van der Waals surface area contributed by atoms with Crippen molar-refractivity contribution in [1.82, 2.24) is 41.0 Å². The van der Waals surface area contributed by atoms with E-state index in [2.05, 4.69) is 45.5 Å². The van der Waals surface area contributed by atoms with E-state index in [1.807, 2.05) is 91.5 Å². The second-order valence-electron chi connectivity index (χ2n) is 23.6. The summed E-state index contributed by atoms with van der Waals surface area (Å²) in [6.07, 6.45) is 5.16. The van der Waals surface area contributed by atoms with Crippen LogP contribution < -0.4 is 21.3 Å². The molecule has 0 bridgehead atoms. The molecule has 5 amide bonds. The highest BCUT2D eigenvalue weighted by Crippen LogP contribution is 2.45. The maximum atomic E-state index is 14.9. The van der Waals surface area contributed by atoms with Gasteiger partial charge in [-0.1, -0.05) is 104 Å². The first-order valence-electron chi connectivity index (χ1n) is 27.1. The molecule has 4 N–H and O–H groups in total. The number of aromatic nitrogens is 2. The molecule has 0 unspecified atom stereocenters. The number of fused-ring (bicyclic) bond motifs is 6. The summed E-state index contributed by atoms with van der Waals surface area (Å²) in [5.74, 6) is -2.09. The number of carbonyl (C=O) groups excluding carboxylic acids is 6. The number of aryl methyl sites for hydroxylation is 4. The van der Waals surface area contributed by atoms with Crippen LogP contribution in [0.2, 0.25) is 0 Å². The first-order chi connectivity index (χ1) is 36.1. The van der Waals surface area contributed by atoms with Gasteiger partial charge in [0, 0.05) is 75.4 Å². The summed E-state index contributed by atoms with van der Waals surface area (Å²) in [5, 5.41) is 14.2. The van der Waals surface area contributed by atoms with E-state index in [0.29, 0.717) is 30.4 Å². The molecule has 2 aliphatic heterocycles. The van der Waals surface area contributed by atoms with Crippen LogP contribution in [0.4, 0.5) is 0 Å². The average molecular weight is 1070 g/mol. The monoisotopic (exact) mass is 1070 g/mol. The third-order valence-electron chi connectivity index (χ3n) is 16.2. The van der Waals surface area contributed by atoms with Crippen molar-refractivity contribution in [2.75, 3.05) is 20.1 Å². The molecular formula is C60H74N8O6S2. The van der Waals surface area contributed by atoms with Crippen LogP contribution >= 0.6 is 22.7 Å². The van der Waals surface area contributed by atoms with Crippen molar-refractivity contribution in [3.63, 3.8) is 0 Å². The fourth-order valence-electron chi connectivity index (χ4n) is 11.2. The minimum atomic E-state index is -0.808. The van der Waals surface area contributed by atoms with Gasteiger partial charge in [0.15, 0.2) is 0 Å². The largest absolute Gasteiger partial charge is 0.347 e. The van der Waals surface area contributed by atoms with Crippen molar-refractivity contribution in [1.29, 1.82) is 0 Å². The smallest absolute Gasteiger partial charge is 0.251 e. The van der Waals surface area contributed by atoms with E-state index in [0.717, 1.165) is 58.2 Å². The van der Waals surface area contributed by atoms with E-state index >= 15 is 0 Å². The van der Waals surface area contributed by atoms with Gasteiger partial charge in [0.2, 0.25) is 17.7 Å². The zero-order valence-corrected chi connectivity index (χ0v) is 47.3. The summed E-state index contributed by atoms with van der Waals surface area (Å²) in [4.78, 5) is 101. The lowest BCUT2D eigenvalue weighted by molar-refractivity contribution is -0.143. The molecule has 5 aromatic rings. The quantitative estimate of drug-likeness (QED) is 0.0795. The molecule has 4 aliphatic rings. The third kappa shape index (κ3) is 11.3. The maximum absolute atomic E-state index is 14.9. The Bertz CT molecular complexity index is 2820. The number of carbonyl (C=O) groups is 6. The highest BCUT2D eigenvalue weighted by Gasteiger charge is 2.47. The van der Waals surface area contributed by atoms with Gasteiger partial charge in [-0.15, -0.1) is 22.7 Å². The average Bonchev–Trinajstić information content (AvgIpc) is 4.23. The molecule has 2 aromatic heterocycles. The number of hydrogen-bond donors (Lipinski definition) is 4. The van der Waals surface area contributed by atoms with Gasteiger partial charge in [-0.3, -0.25) is 28.8 Å². The number of ketones is 1. The van der Waals surface area contributed by atoms with Crippen LogP contribution in [0.25, 0.3) is 22.5 Å². The zero-order valence-electron chi connectivity index (χ0n) is 45.7. The van der Waals surface area contributed by atoms with Crippen LogP contribution in [0.5, 0.6) is 0 Å². The predicted octanol–water partition coefficient (Wildman–Crippen LogP) is 9.08. The van der Waals surface area contributed by atoms with Crippen LogP contribution in [-0.2, 0) is 44.9 Å². The minimum absolute atomic E-state index is 0.0340. The van der Waals surface area contributed by atoms with E-state index in [-0.39, 0.29) is 60.7 Å². The van der Waals surface area contributed by atoms with Crippen molar-refractivity contribution in [2.45, 2.75) is 150 Å². The summed E-state index contributed by atoms with van der Waals surface area (Å²) in [5.41, 5.74) is 6.21. The molecule has 2 aliphatic carbocycles. The van der Waals surface area contributed by atoms with Crippen LogP contribution in [0.15, 0.2) is 72.8 Å². The van der Waals surface area contributed by atoms with Crippen molar-refractivity contribution < 1.29 is 28.8 Å². The second-order valence-corrected chi connectivity index (χ2v) is 25.8. The van der Waals surface area contributed by atoms with Gasteiger partial charge in [-0.05, 0) is 105 Å². The second kappa shape index (κ2) is 22.1. The summed E-state index contributed by atoms with van der Waals surface area (Å²) in [6, 6.07) is 20.3. The van der Waals surface area contributed by atoms with Crippen molar-refractivity contribution >= 4 is 58.0 Å². The molecular weight excluding hydrogens is 993 g/mol. The number of Topliss-reactive ketones (excluding diaryl/α,β-unsaturated/α-hetero) is 1. The number of thiazole rings is 2. The Kier molecular flexibility index (Phi) is 15.9. The fraction of sp³-hybridized carbons (Fsp3) is 0.500. The molecule has 2 fully saturated rings. The number of amides is 5.